The van der Waals surface area contributed by atoms with Crippen molar-refractivity contribution in [1.29, 1.82) is 0 Å². The SMILES string of the molecule is CC(=O)O[C@@H]1OC(CO[C@@H]2OC(Cn3cc(-c4cc(CO)cc(CO)c4)nn3)[C@@H](C)[C@H](C)C2NC(=O)C(F)(F)F)[C@@H](C)[C@H](C)C1NC(=O)C(F)(F)F. The van der Waals surface area contributed by atoms with Gasteiger partial charge in [0.2, 0.25) is 6.29 Å². The summed E-state index contributed by atoms with van der Waals surface area (Å²) < 4.78 is 104. The smallest absolute Gasteiger partial charge is 0.434 e. The van der Waals surface area contributed by atoms with Crippen LogP contribution in [0.2, 0.25) is 0 Å². The van der Waals surface area contributed by atoms with E-state index >= 15 is 0 Å². The first-order chi connectivity index (χ1) is 24.2. The van der Waals surface area contributed by atoms with Crippen LogP contribution in [0.5, 0.6) is 0 Å². The zero-order valence-corrected chi connectivity index (χ0v) is 28.8. The second-order valence-electron chi connectivity index (χ2n) is 13.1. The van der Waals surface area contributed by atoms with Crippen LogP contribution in [0.25, 0.3) is 11.3 Å². The summed E-state index contributed by atoms with van der Waals surface area (Å²) >= 11 is 0. The van der Waals surface area contributed by atoms with E-state index in [1.165, 1.54) is 11.6 Å². The van der Waals surface area contributed by atoms with Crippen LogP contribution < -0.4 is 10.6 Å². The van der Waals surface area contributed by atoms with Crippen LogP contribution in [0.15, 0.2) is 24.4 Å². The monoisotopic (exact) mass is 753 g/mol. The number of aliphatic hydroxyl groups is 2. The number of carbonyl (C=O) groups excluding carboxylic acids is 3. The van der Waals surface area contributed by atoms with Gasteiger partial charge >= 0.3 is 30.1 Å². The lowest BCUT2D eigenvalue weighted by Gasteiger charge is -2.47. The van der Waals surface area contributed by atoms with Gasteiger partial charge in [-0.2, -0.15) is 26.3 Å². The van der Waals surface area contributed by atoms with Crippen LogP contribution in [0, 0.1) is 23.7 Å². The zero-order valence-electron chi connectivity index (χ0n) is 28.8. The summed E-state index contributed by atoms with van der Waals surface area (Å²) in [7, 11) is 0. The maximum Gasteiger partial charge on any atom is 0.471 e. The summed E-state index contributed by atoms with van der Waals surface area (Å²) in [6.07, 6.45) is -13.8. The van der Waals surface area contributed by atoms with E-state index in [0.29, 0.717) is 22.4 Å². The topological polar surface area (TPSA) is 183 Å². The molecular weight excluding hydrogens is 712 g/mol. The van der Waals surface area contributed by atoms with Crippen LogP contribution in [0.1, 0.15) is 45.7 Å². The number of hydrogen-bond donors (Lipinski definition) is 4. The molecule has 4 N–H and O–H groups in total. The molecule has 0 saturated carbocycles. The lowest BCUT2D eigenvalue weighted by atomic mass is 9.81. The second kappa shape index (κ2) is 16.4. The Labute approximate surface area is 294 Å². The molecule has 52 heavy (non-hydrogen) atoms. The fourth-order valence-electron chi connectivity index (χ4n) is 6.25. The Morgan fingerprint density at radius 3 is 1.81 bits per heavy atom. The van der Waals surface area contributed by atoms with E-state index in [4.69, 9.17) is 18.9 Å². The molecule has 2 fully saturated rings. The Morgan fingerprint density at radius 1 is 0.808 bits per heavy atom. The van der Waals surface area contributed by atoms with Crippen molar-refractivity contribution in [3.63, 3.8) is 0 Å². The molecule has 0 spiro atoms. The van der Waals surface area contributed by atoms with E-state index in [1.807, 2.05) is 5.32 Å². The van der Waals surface area contributed by atoms with Gasteiger partial charge in [-0.05, 0) is 46.9 Å². The number of carbonyl (C=O) groups is 3. The number of amides is 2. The molecule has 2 aromatic rings. The van der Waals surface area contributed by atoms with E-state index in [0.717, 1.165) is 6.92 Å². The number of aromatic nitrogens is 3. The van der Waals surface area contributed by atoms with Gasteiger partial charge in [-0.15, -0.1) is 5.10 Å². The summed E-state index contributed by atoms with van der Waals surface area (Å²) in [5.74, 6) is -8.02. The minimum absolute atomic E-state index is 0.0350. The van der Waals surface area contributed by atoms with E-state index in [9.17, 15) is 50.9 Å². The van der Waals surface area contributed by atoms with E-state index in [2.05, 4.69) is 10.3 Å². The molecule has 0 bridgehead atoms. The number of esters is 1. The van der Waals surface area contributed by atoms with Crippen molar-refractivity contribution in [1.82, 2.24) is 25.6 Å². The number of alkyl halides is 6. The molecule has 4 unspecified atom stereocenters. The van der Waals surface area contributed by atoms with Crippen molar-refractivity contribution >= 4 is 17.8 Å². The van der Waals surface area contributed by atoms with Gasteiger partial charge in [0, 0.05) is 12.5 Å². The van der Waals surface area contributed by atoms with Gasteiger partial charge in [-0.1, -0.05) is 39.0 Å². The zero-order chi connectivity index (χ0) is 38.7. The molecule has 2 amide bonds. The Kier molecular flexibility index (Phi) is 12.9. The summed E-state index contributed by atoms with van der Waals surface area (Å²) in [4.78, 5) is 35.6. The minimum atomic E-state index is -5.23. The highest BCUT2D eigenvalue weighted by Gasteiger charge is 2.50. The standard InChI is InChI=1S/C32H41F6N5O9/c1-14-16(3)25(39-29(47)31(33,34)35)27(51-23(14)10-43-9-22(41-42-43)21-7-19(11-44)6-20(8-21)12-45)49-13-24-15(2)17(4)26(28(52-24)50-18(5)46)40-30(48)32(36,37)38/h6-9,14-17,23-28,44-45H,10-13H2,1-5H3,(H,39,47)(H,40,48)/t14-,15-,16-,17-,23?,24?,25?,26?,27+,28+/m0/s1. The first kappa shape index (κ1) is 40.9. The fourth-order valence-corrected chi connectivity index (χ4v) is 6.25. The van der Waals surface area contributed by atoms with Crippen LogP contribution in [0.3, 0.4) is 0 Å². The lowest BCUT2D eigenvalue weighted by Crippen LogP contribution is -2.62. The number of nitrogens with zero attached hydrogens (tertiary/aromatic N) is 3. The molecular formula is C32H41F6N5O9. The van der Waals surface area contributed by atoms with Gasteiger partial charge in [0.05, 0.1) is 56.9 Å². The summed E-state index contributed by atoms with van der Waals surface area (Å²) in [5.41, 5.74) is 2.03. The molecule has 14 nitrogen and oxygen atoms in total. The van der Waals surface area contributed by atoms with Crippen molar-refractivity contribution in [3.05, 3.63) is 35.5 Å². The minimum Gasteiger partial charge on any atom is -0.434 e. The van der Waals surface area contributed by atoms with Crippen molar-refractivity contribution in [2.45, 2.75) is 104 Å². The maximum absolute atomic E-state index is 13.4. The summed E-state index contributed by atoms with van der Waals surface area (Å²) in [6.45, 7) is 6.43. The predicted octanol–water partition coefficient (Wildman–Crippen LogP) is 2.60. The Balaban J connectivity index is 1.55. The lowest BCUT2D eigenvalue weighted by molar-refractivity contribution is -0.276. The third kappa shape index (κ3) is 9.77. The van der Waals surface area contributed by atoms with Crippen molar-refractivity contribution < 1.29 is 69.9 Å². The normalized spacial score (nSPS) is 29.7. The van der Waals surface area contributed by atoms with Crippen LogP contribution >= 0.6 is 0 Å². The third-order valence-electron chi connectivity index (χ3n) is 9.61. The van der Waals surface area contributed by atoms with Crippen molar-refractivity contribution in [3.8, 4) is 11.3 Å². The summed E-state index contributed by atoms with van der Waals surface area (Å²) in [6, 6.07) is 2.22. The first-order valence-electron chi connectivity index (χ1n) is 16.3. The van der Waals surface area contributed by atoms with Gasteiger partial charge in [0.25, 0.3) is 0 Å². The Bertz CT molecular complexity index is 1550. The second-order valence-corrected chi connectivity index (χ2v) is 13.1. The average Bonchev–Trinajstić information content (AvgIpc) is 3.54. The number of nitrogens with one attached hydrogen (secondary N) is 2. The van der Waals surface area contributed by atoms with Crippen LogP contribution in [0.4, 0.5) is 26.3 Å². The molecule has 20 heteroatoms. The number of benzene rings is 1. The Hall–Kier alpha value is -3.85. The number of ether oxygens (including phenoxy) is 4. The van der Waals surface area contributed by atoms with Gasteiger partial charge in [-0.25, -0.2) is 4.68 Å². The van der Waals surface area contributed by atoms with Crippen LogP contribution in [-0.4, -0.2) is 98.8 Å². The molecule has 4 rings (SSSR count). The molecule has 1 aromatic carbocycles. The number of aliphatic hydroxyl groups excluding tert-OH is 2. The van der Waals surface area contributed by atoms with Gasteiger partial charge in [-0.3, -0.25) is 14.4 Å². The Morgan fingerprint density at radius 2 is 1.31 bits per heavy atom. The molecule has 0 radical (unpaired) electrons. The molecule has 0 aliphatic carbocycles. The molecule has 3 heterocycles. The van der Waals surface area contributed by atoms with E-state index < -0.39 is 97.3 Å². The number of hydrogen-bond acceptors (Lipinski definition) is 11. The van der Waals surface area contributed by atoms with Gasteiger partial charge < -0.3 is 39.8 Å². The molecule has 2 aliphatic heterocycles. The number of halogens is 6. The van der Waals surface area contributed by atoms with Crippen molar-refractivity contribution in [2.75, 3.05) is 6.61 Å². The largest absolute Gasteiger partial charge is 0.471 e. The summed E-state index contributed by atoms with van der Waals surface area (Å²) in [5, 5.41) is 31.3. The predicted molar refractivity (Wildman–Crippen MR) is 165 cm³/mol. The molecule has 2 saturated heterocycles. The highest BCUT2D eigenvalue weighted by Crippen LogP contribution is 2.36. The molecule has 290 valence electrons. The first-order valence-corrected chi connectivity index (χ1v) is 16.3. The highest BCUT2D eigenvalue weighted by atomic mass is 19.4. The molecule has 10 atom stereocenters. The fraction of sp³-hybridized carbons (Fsp3) is 0.656. The molecule has 1 aromatic heterocycles. The van der Waals surface area contributed by atoms with E-state index in [1.54, 1.807) is 50.5 Å². The van der Waals surface area contributed by atoms with Crippen molar-refractivity contribution in [2.24, 2.45) is 23.7 Å². The van der Waals surface area contributed by atoms with Gasteiger partial charge in [0.15, 0.2) is 6.29 Å². The molecule has 2 aliphatic rings. The highest BCUT2D eigenvalue weighted by molar-refractivity contribution is 5.82. The van der Waals surface area contributed by atoms with Gasteiger partial charge in [0.1, 0.15) is 5.69 Å². The van der Waals surface area contributed by atoms with E-state index in [-0.39, 0.29) is 19.8 Å². The third-order valence-corrected chi connectivity index (χ3v) is 9.61. The number of rotatable bonds is 11. The van der Waals surface area contributed by atoms with Crippen LogP contribution in [-0.2, 0) is 53.1 Å². The maximum atomic E-state index is 13.4. The quantitative estimate of drug-likeness (QED) is 0.196. The average molecular weight is 754 g/mol.